The fraction of sp³-hybridized carbons (Fsp3) is 0.462. The van der Waals surface area contributed by atoms with E-state index in [9.17, 15) is 12.8 Å². The van der Waals surface area contributed by atoms with Gasteiger partial charge >= 0.3 is 0 Å². The summed E-state index contributed by atoms with van der Waals surface area (Å²) in [4.78, 5) is -0.390. The Kier molecular flexibility index (Phi) is 5.37. The largest absolute Gasteiger partial charge is 0.492 e. The number of rotatable bonds is 6. The molecular formula is C13H15ClFNO3S. The van der Waals surface area contributed by atoms with Crippen molar-refractivity contribution in [3.05, 3.63) is 24.0 Å². The van der Waals surface area contributed by atoms with Gasteiger partial charge in [0, 0.05) is 10.7 Å². The molecule has 20 heavy (non-hydrogen) atoms. The summed E-state index contributed by atoms with van der Waals surface area (Å²) in [5.74, 6) is -0.696. The highest BCUT2D eigenvalue weighted by molar-refractivity contribution is 8.13. The molecule has 7 heteroatoms. The van der Waals surface area contributed by atoms with Gasteiger partial charge in [-0.3, -0.25) is 0 Å². The van der Waals surface area contributed by atoms with Crippen LogP contribution in [0.15, 0.2) is 23.1 Å². The molecule has 0 aromatic heterocycles. The molecule has 0 aliphatic carbocycles. The predicted octanol–water partition coefficient (Wildman–Crippen LogP) is 3.46. The average molecular weight is 320 g/mol. The molecule has 0 heterocycles. The zero-order valence-electron chi connectivity index (χ0n) is 11.2. The van der Waals surface area contributed by atoms with Crippen LogP contribution in [0.25, 0.3) is 0 Å². The van der Waals surface area contributed by atoms with Crippen molar-refractivity contribution in [2.24, 2.45) is 5.41 Å². The van der Waals surface area contributed by atoms with Gasteiger partial charge < -0.3 is 4.74 Å². The van der Waals surface area contributed by atoms with E-state index in [4.69, 9.17) is 20.7 Å². The lowest BCUT2D eigenvalue weighted by Crippen LogP contribution is -2.10. The Bertz CT molecular complexity index is 623. The third-order valence-corrected chi connectivity index (χ3v) is 4.02. The van der Waals surface area contributed by atoms with Crippen molar-refractivity contribution in [3.63, 3.8) is 0 Å². The zero-order valence-corrected chi connectivity index (χ0v) is 12.8. The minimum atomic E-state index is -4.07. The third kappa shape index (κ3) is 4.99. The molecule has 1 aromatic carbocycles. The van der Waals surface area contributed by atoms with E-state index < -0.39 is 25.2 Å². The lowest BCUT2D eigenvalue weighted by Gasteiger charge is -2.15. The van der Waals surface area contributed by atoms with Crippen molar-refractivity contribution in [1.29, 1.82) is 5.26 Å². The van der Waals surface area contributed by atoms with E-state index >= 15 is 0 Å². The molecule has 0 saturated carbocycles. The standard InChI is InChI=1S/C13H15ClFNO3S/c1-13(2,9-16)6-3-7-19-11-5-4-10(15)8-12(11)20(14,17)18/h4-5,8H,3,6-7H2,1-2H3. The monoisotopic (exact) mass is 319 g/mol. The van der Waals surface area contributed by atoms with Gasteiger partial charge in [-0.15, -0.1) is 0 Å². The molecule has 0 spiro atoms. The van der Waals surface area contributed by atoms with E-state index in [1.807, 2.05) is 0 Å². The van der Waals surface area contributed by atoms with Gasteiger partial charge in [-0.2, -0.15) is 5.26 Å². The van der Waals surface area contributed by atoms with E-state index in [-0.39, 0.29) is 12.4 Å². The molecule has 0 saturated heterocycles. The van der Waals surface area contributed by atoms with Crippen LogP contribution in [0.4, 0.5) is 4.39 Å². The summed E-state index contributed by atoms with van der Waals surface area (Å²) < 4.78 is 41.0. The van der Waals surface area contributed by atoms with Gasteiger partial charge in [0.2, 0.25) is 0 Å². The molecule has 0 N–H and O–H groups in total. The van der Waals surface area contributed by atoms with Crippen molar-refractivity contribution >= 4 is 19.7 Å². The molecule has 4 nitrogen and oxygen atoms in total. The van der Waals surface area contributed by atoms with Gasteiger partial charge in [-0.25, -0.2) is 12.8 Å². The summed E-state index contributed by atoms with van der Waals surface area (Å²) in [5.41, 5.74) is -0.465. The molecule has 0 unspecified atom stereocenters. The highest BCUT2D eigenvalue weighted by atomic mass is 35.7. The Balaban J connectivity index is 2.73. The third-order valence-electron chi connectivity index (χ3n) is 2.67. The van der Waals surface area contributed by atoms with Crippen molar-refractivity contribution < 1.29 is 17.5 Å². The van der Waals surface area contributed by atoms with Crippen molar-refractivity contribution in [2.45, 2.75) is 31.6 Å². The van der Waals surface area contributed by atoms with E-state index in [2.05, 4.69) is 6.07 Å². The van der Waals surface area contributed by atoms with Gasteiger partial charge in [0.25, 0.3) is 9.05 Å². The van der Waals surface area contributed by atoms with E-state index in [0.29, 0.717) is 12.8 Å². The fourth-order valence-corrected chi connectivity index (χ4v) is 2.53. The maximum absolute atomic E-state index is 13.1. The first kappa shape index (κ1) is 16.7. The molecule has 0 amide bonds. The van der Waals surface area contributed by atoms with Crippen LogP contribution in [0.5, 0.6) is 5.75 Å². The highest BCUT2D eigenvalue weighted by Gasteiger charge is 2.19. The molecule has 0 aliphatic heterocycles. The molecule has 0 atom stereocenters. The lowest BCUT2D eigenvalue weighted by molar-refractivity contribution is 0.278. The zero-order chi connectivity index (χ0) is 15.4. The van der Waals surface area contributed by atoms with Crippen molar-refractivity contribution in [3.8, 4) is 11.8 Å². The van der Waals surface area contributed by atoms with Gasteiger partial charge in [0.1, 0.15) is 16.5 Å². The molecule has 1 aromatic rings. The number of ether oxygens (including phenoxy) is 1. The minimum Gasteiger partial charge on any atom is -0.492 e. The second kappa shape index (κ2) is 6.42. The summed E-state index contributed by atoms with van der Waals surface area (Å²) in [6.07, 6.45) is 1.17. The van der Waals surface area contributed by atoms with Crippen LogP contribution in [0, 0.1) is 22.6 Å². The lowest BCUT2D eigenvalue weighted by atomic mass is 9.90. The van der Waals surface area contributed by atoms with Gasteiger partial charge in [-0.1, -0.05) is 0 Å². The predicted molar refractivity (Wildman–Crippen MR) is 73.6 cm³/mol. The van der Waals surface area contributed by atoms with Gasteiger partial charge in [0.15, 0.2) is 0 Å². The van der Waals surface area contributed by atoms with Crippen LogP contribution in [0.1, 0.15) is 26.7 Å². The number of nitriles is 1. The van der Waals surface area contributed by atoms with Crippen molar-refractivity contribution in [1.82, 2.24) is 0 Å². The van der Waals surface area contributed by atoms with Crippen molar-refractivity contribution in [2.75, 3.05) is 6.61 Å². The Morgan fingerprint density at radius 1 is 1.45 bits per heavy atom. The Morgan fingerprint density at radius 3 is 2.65 bits per heavy atom. The van der Waals surface area contributed by atoms with Gasteiger partial charge in [-0.05, 0) is 44.9 Å². The summed E-state index contributed by atoms with van der Waals surface area (Å²) in [6.45, 7) is 3.83. The molecule has 0 fully saturated rings. The Hall–Kier alpha value is -1.32. The number of hydrogen-bond donors (Lipinski definition) is 0. The second-order valence-corrected chi connectivity index (χ2v) is 7.51. The van der Waals surface area contributed by atoms with Crippen LogP contribution >= 0.6 is 10.7 Å². The first-order chi connectivity index (χ1) is 9.15. The maximum atomic E-state index is 13.1. The van der Waals surface area contributed by atoms with Crippen LogP contribution in [-0.4, -0.2) is 15.0 Å². The summed E-state index contributed by atoms with van der Waals surface area (Å²) >= 11 is 0. The maximum Gasteiger partial charge on any atom is 0.265 e. The van der Waals surface area contributed by atoms with E-state index in [0.717, 1.165) is 12.1 Å². The Morgan fingerprint density at radius 2 is 2.10 bits per heavy atom. The first-order valence-corrected chi connectivity index (χ1v) is 8.25. The Labute approximate surface area is 122 Å². The van der Waals surface area contributed by atoms with E-state index in [1.165, 1.54) is 6.07 Å². The first-order valence-electron chi connectivity index (χ1n) is 5.94. The van der Waals surface area contributed by atoms with Crippen LogP contribution in [0.2, 0.25) is 0 Å². The molecular weight excluding hydrogens is 305 g/mol. The van der Waals surface area contributed by atoms with Gasteiger partial charge in [0.05, 0.1) is 18.1 Å². The van der Waals surface area contributed by atoms with Crippen LogP contribution in [0.3, 0.4) is 0 Å². The molecule has 0 radical (unpaired) electrons. The summed E-state index contributed by atoms with van der Waals surface area (Å²) in [7, 11) is 1.15. The van der Waals surface area contributed by atoms with Crippen LogP contribution in [-0.2, 0) is 9.05 Å². The van der Waals surface area contributed by atoms with E-state index in [1.54, 1.807) is 13.8 Å². The smallest absolute Gasteiger partial charge is 0.265 e. The number of nitrogens with zero attached hydrogens (tertiary/aromatic N) is 1. The SMILES string of the molecule is CC(C)(C#N)CCCOc1ccc(F)cc1S(=O)(=O)Cl. The quantitative estimate of drug-likeness (QED) is 0.595. The molecule has 1 rings (SSSR count). The van der Waals surface area contributed by atoms with Crippen LogP contribution < -0.4 is 4.74 Å². The number of halogens is 2. The normalized spacial score (nSPS) is 11.9. The average Bonchev–Trinajstić information content (AvgIpc) is 2.35. The second-order valence-electron chi connectivity index (χ2n) is 4.98. The number of hydrogen-bond acceptors (Lipinski definition) is 4. The molecule has 0 bridgehead atoms. The summed E-state index contributed by atoms with van der Waals surface area (Å²) in [5, 5.41) is 8.86. The highest BCUT2D eigenvalue weighted by Crippen LogP contribution is 2.28. The fourth-order valence-electron chi connectivity index (χ4n) is 1.54. The minimum absolute atomic E-state index is 0.0103. The topological polar surface area (TPSA) is 67.2 Å². The molecule has 0 aliphatic rings. The number of benzene rings is 1. The molecule has 110 valence electrons. The summed E-state index contributed by atoms with van der Waals surface area (Å²) in [6, 6.07) is 5.30.